The maximum atomic E-state index is 12.7. The van der Waals surface area contributed by atoms with Crippen molar-refractivity contribution in [2.45, 2.75) is 95.2 Å². The van der Waals surface area contributed by atoms with Crippen molar-refractivity contribution in [2.75, 3.05) is 20.2 Å². The molecular weight excluding hydrogens is 362 g/mol. The largest absolute Gasteiger partial charge is 0.461 e. The van der Waals surface area contributed by atoms with Crippen LogP contribution in [0, 0.1) is 0 Å². The summed E-state index contributed by atoms with van der Waals surface area (Å²) in [6.45, 7) is 3.34. The summed E-state index contributed by atoms with van der Waals surface area (Å²) >= 11 is 0. The molecule has 2 bridgehead atoms. The number of aliphatic hydroxyl groups is 1. The van der Waals surface area contributed by atoms with E-state index in [4.69, 9.17) is 4.74 Å². The molecule has 2 aliphatic rings. The van der Waals surface area contributed by atoms with Crippen LogP contribution in [0.3, 0.4) is 0 Å². The lowest BCUT2D eigenvalue weighted by atomic mass is 9.95. The highest BCUT2D eigenvalue weighted by atomic mass is 16.5. The fraction of sp³-hybridized carbons (Fsp3) is 0.720. The van der Waals surface area contributed by atoms with E-state index in [0.717, 1.165) is 18.4 Å². The molecule has 2 aliphatic heterocycles. The van der Waals surface area contributed by atoms with Gasteiger partial charge in [-0.15, -0.1) is 0 Å². The standard InChI is InChI=1S/C25H40NO3/c1-3-4-5-6-7-11-16-26(2)21-14-15-22(26)18-23(17-21)29-25(28)24(19-27)20-12-9-8-10-13-20/h8-10,12-13,21-24,27H,3-7,11,14-19H2,1-2H3/q+1/t21-,22+,23?,24-,26?/m1/s1. The van der Waals surface area contributed by atoms with Crippen molar-refractivity contribution in [3.8, 4) is 0 Å². The predicted octanol–water partition coefficient (Wildman–Crippen LogP) is 4.81. The molecule has 4 heteroatoms. The van der Waals surface area contributed by atoms with Crippen molar-refractivity contribution >= 4 is 5.97 Å². The van der Waals surface area contributed by atoms with Crippen molar-refractivity contribution < 1.29 is 19.1 Å². The number of aliphatic hydroxyl groups excluding tert-OH is 1. The lowest BCUT2D eigenvalue weighted by Gasteiger charge is -2.47. The van der Waals surface area contributed by atoms with Crippen LogP contribution in [0.4, 0.5) is 0 Å². The summed E-state index contributed by atoms with van der Waals surface area (Å²) in [5.41, 5.74) is 0.836. The van der Waals surface area contributed by atoms with Crippen LogP contribution in [-0.2, 0) is 9.53 Å². The van der Waals surface area contributed by atoms with Crippen LogP contribution in [0.2, 0.25) is 0 Å². The highest BCUT2D eigenvalue weighted by Crippen LogP contribution is 2.42. The molecule has 1 aromatic carbocycles. The molecule has 4 nitrogen and oxygen atoms in total. The molecule has 2 heterocycles. The first-order valence-corrected chi connectivity index (χ1v) is 11.8. The van der Waals surface area contributed by atoms with E-state index in [1.807, 2.05) is 30.3 Å². The maximum absolute atomic E-state index is 12.7. The summed E-state index contributed by atoms with van der Waals surface area (Å²) in [4.78, 5) is 12.7. The van der Waals surface area contributed by atoms with E-state index >= 15 is 0 Å². The number of fused-ring (bicyclic) bond motifs is 2. The van der Waals surface area contributed by atoms with E-state index < -0.39 is 5.92 Å². The van der Waals surface area contributed by atoms with Crippen LogP contribution in [0.25, 0.3) is 0 Å². The molecule has 5 atom stereocenters. The number of hydrogen-bond donors (Lipinski definition) is 1. The first kappa shape index (κ1) is 22.3. The number of unbranched alkanes of at least 4 members (excludes halogenated alkanes) is 5. The van der Waals surface area contributed by atoms with Crippen LogP contribution in [0.15, 0.2) is 30.3 Å². The molecular formula is C25H40NO3+. The number of piperidine rings is 1. The van der Waals surface area contributed by atoms with E-state index in [9.17, 15) is 9.90 Å². The normalized spacial score (nSPS) is 29.6. The van der Waals surface area contributed by atoms with Gasteiger partial charge in [0, 0.05) is 25.7 Å². The molecule has 0 spiro atoms. The zero-order valence-electron chi connectivity index (χ0n) is 18.4. The number of quaternary nitrogens is 1. The van der Waals surface area contributed by atoms with Gasteiger partial charge in [0.1, 0.15) is 12.0 Å². The summed E-state index contributed by atoms with van der Waals surface area (Å²) in [5.74, 6) is -0.838. The first-order valence-electron chi connectivity index (χ1n) is 11.8. The zero-order valence-corrected chi connectivity index (χ0v) is 18.4. The van der Waals surface area contributed by atoms with E-state index in [1.54, 1.807) is 0 Å². The van der Waals surface area contributed by atoms with E-state index in [-0.39, 0.29) is 18.7 Å². The molecule has 0 saturated carbocycles. The van der Waals surface area contributed by atoms with Gasteiger partial charge in [0.05, 0.1) is 32.3 Å². The lowest BCUT2D eigenvalue weighted by Crippen LogP contribution is -2.59. The molecule has 0 amide bonds. The van der Waals surface area contributed by atoms with Gasteiger partial charge in [0.15, 0.2) is 0 Å². The second kappa shape index (κ2) is 10.6. The number of ether oxygens (including phenoxy) is 1. The van der Waals surface area contributed by atoms with Crippen molar-refractivity contribution in [3.05, 3.63) is 35.9 Å². The van der Waals surface area contributed by atoms with Gasteiger partial charge < -0.3 is 14.3 Å². The Balaban J connectivity index is 1.51. The minimum Gasteiger partial charge on any atom is -0.461 e. The number of carbonyl (C=O) groups excluding carboxylic acids is 1. The Labute approximate surface area is 176 Å². The van der Waals surface area contributed by atoms with Gasteiger partial charge in [0.25, 0.3) is 0 Å². The van der Waals surface area contributed by atoms with Gasteiger partial charge in [-0.2, -0.15) is 0 Å². The fourth-order valence-electron chi connectivity index (χ4n) is 5.64. The number of carbonyl (C=O) groups is 1. The first-order chi connectivity index (χ1) is 14.1. The average Bonchev–Trinajstić information content (AvgIpc) is 2.89. The quantitative estimate of drug-likeness (QED) is 0.328. The van der Waals surface area contributed by atoms with Crippen molar-refractivity contribution in [3.63, 3.8) is 0 Å². The second-order valence-electron chi connectivity index (χ2n) is 9.40. The van der Waals surface area contributed by atoms with Gasteiger partial charge >= 0.3 is 5.97 Å². The Morgan fingerprint density at radius 3 is 2.31 bits per heavy atom. The molecule has 0 radical (unpaired) electrons. The van der Waals surface area contributed by atoms with Gasteiger partial charge in [-0.3, -0.25) is 4.79 Å². The van der Waals surface area contributed by atoms with Crippen LogP contribution < -0.4 is 0 Å². The number of rotatable bonds is 11. The number of esters is 1. The Hall–Kier alpha value is -1.39. The van der Waals surface area contributed by atoms with E-state index in [1.165, 1.54) is 62.4 Å². The topological polar surface area (TPSA) is 46.5 Å². The molecule has 0 aromatic heterocycles. The smallest absolute Gasteiger partial charge is 0.316 e. The zero-order chi connectivity index (χ0) is 20.7. The Morgan fingerprint density at radius 2 is 1.69 bits per heavy atom. The van der Waals surface area contributed by atoms with Gasteiger partial charge in [0.2, 0.25) is 0 Å². The molecule has 2 saturated heterocycles. The Kier molecular flexibility index (Phi) is 8.14. The SMILES string of the molecule is CCCCCCCC[N+]1(C)[C@@H]2CC[C@H]1CC(OC(=O)[C@H](CO)c1ccccc1)C2. The van der Waals surface area contributed by atoms with Gasteiger partial charge in [-0.05, 0) is 18.4 Å². The third-order valence-corrected chi connectivity index (χ3v) is 7.52. The maximum Gasteiger partial charge on any atom is 0.316 e. The fourth-order valence-corrected chi connectivity index (χ4v) is 5.64. The molecule has 162 valence electrons. The molecule has 2 unspecified atom stereocenters. The van der Waals surface area contributed by atoms with Crippen molar-refractivity contribution in [1.82, 2.24) is 0 Å². The van der Waals surface area contributed by atoms with Crippen molar-refractivity contribution in [2.24, 2.45) is 0 Å². The van der Waals surface area contributed by atoms with E-state index in [0.29, 0.717) is 12.1 Å². The molecule has 29 heavy (non-hydrogen) atoms. The van der Waals surface area contributed by atoms with Gasteiger partial charge in [-0.25, -0.2) is 0 Å². The minimum atomic E-state index is -0.570. The number of benzene rings is 1. The molecule has 1 N–H and O–H groups in total. The third kappa shape index (κ3) is 5.40. The van der Waals surface area contributed by atoms with Crippen LogP contribution >= 0.6 is 0 Å². The highest BCUT2D eigenvalue weighted by molar-refractivity contribution is 5.78. The predicted molar refractivity (Wildman–Crippen MR) is 117 cm³/mol. The van der Waals surface area contributed by atoms with Crippen molar-refractivity contribution in [1.29, 1.82) is 0 Å². The monoisotopic (exact) mass is 402 g/mol. The van der Waals surface area contributed by atoms with Crippen LogP contribution in [-0.4, -0.2) is 53.9 Å². The van der Waals surface area contributed by atoms with Crippen LogP contribution in [0.5, 0.6) is 0 Å². The number of nitrogens with zero attached hydrogens (tertiary/aromatic N) is 1. The second-order valence-corrected chi connectivity index (χ2v) is 9.40. The number of hydrogen-bond acceptors (Lipinski definition) is 3. The summed E-state index contributed by atoms with van der Waals surface area (Å²) in [7, 11) is 2.44. The minimum absolute atomic E-state index is 0.00789. The van der Waals surface area contributed by atoms with E-state index in [2.05, 4.69) is 14.0 Å². The van der Waals surface area contributed by atoms with Gasteiger partial charge in [-0.1, -0.05) is 62.9 Å². The summed E-state index contributed by atoms with van der Waals surface area (Å²) < 4.78 is 7.12. The molecule has 2 fully saturated rings. The Morgan fingerprint density at radius 1 is 1.07 bits per heavy atom. The molecule has 1 aromatic rings. The average molecular weight is 403 g/mol. The summed E-state index contributed by atoms with van der Waals surface area (Å²) in [6.07, 6.45) is 12.5. The molecule has 0 aliphatic carbocycles. The summed E-state index contributed by atoms with van der Waals surface area (Å²) in [6, 6.07) is 10.7. The lowest BCUT2D eigenvalue weighted by molar-refractivity contribution is -0.949. The van der Waals surface area contributed by atoms with Crippen LogP contribution in [0.1, 0.15) is 82.6 Å². The summed E-state index contributed by atoms with van der Waals surface area (Å²) in [5, 5.41) is 9.75. The third-order valence-electron chi connectivity index (χ3n) is 7.52. The Bertz CT molecular complexity index is 618. The molecule has 3 rings (SSSR count). The highest BCUT2D eigenvalue weighted by Gasteiger charge is 2.52.